The highest BCUT2D eigenvalue weighted by Crippen LogP contribution is 2.28. The fourth-order valence-electron chi connectivity index (χ4n) is 1.64. The maximum Gasteiger partial charge on any atom is 0.123 e. The van der Waals surface area contributed by atoms with Gasteiger partial charge in [0.25, 0.3) is 0 Å². The molecule has 1 aromatic carbocycles. The Kier molecular flexibility index (Phi) is 3.60. The van der Waals surface area contributed by atoms with Gasteiger partial charge in [-0.15, -0.1) is 11.3 Å². The van der Waals surface area contributed by atoms with Gasteiger partial charge in [-0.2, -0.15) is 0 Å². The van der Waals surface area contributed by atoms with Crippen LogP contribution in [0, 0.1) is 0 Å². The molecule has 0 fully saturated rings. The molecule has 0 saturated carbocycles. The minimum Gasteiger partial charge on any atom is -0.323 e. The maximum atomic E-state index is 5.84. The lowest BCUT2D eigenvalue weighted by molar-refractivity contribution is 0.835. The first kappa shape index (κ1) is 12.3. The van der Waals surface area contributed by atoms with E-state index in [-0.39, 0.29) is 6.04 Å². The molecule has 0 aliphatic carbocycles. The van der Waals surface area contributed by atoms with Crippen molar-refractivity contribution in [1.29, 1.82) is 0 Å². The molecule has 2 aromatic rings. The van der Waals surface area contributed by atoms with Crippen molar-refractivity contribution in [2.75, 3.05) is 0 Å². The summed E-state index contributed by atoms with van der Waals surface area (Å²) >= 11 is 1.67. The van der Waals surface area contributed by atoms with E-state index in [0.717, 1.165) is 9.88 Å². The monoisotopic (exact) mass is 246 g/mol. The zero-order valence-corrected chi connectivity index (χ0v) is 11.3. The van der Waals surface area contributed by atoms with Gasteiger partial charge in [0.05, 0.1) is 0 Å². The number of rotatable bonds is 3. The Morgan fingerprint density at radius 2 is 1.76 bits per heavy atom. The Hall–Kier alpha value is -1.19. The van der Waals surface area contributed by atoms with Crippen molar-refractivity contribution < 1.29 is 0 Å². The predicted octanol–water partition coefficient (Wildman–Crippen LogP) is 3.95. The van der Waals surface area contributed by atoms with Crippen LogP contribution in [0.4, 0.5) is 0 Å². The summed E-state index contributed by atoms with van der Waals surface area (Å²) in [6, 6.07) is 8.69. The van der Waals surface area contributed by atoms with Crippen LogP contribution in [0.2, 0.25) is 0 Å². The number of nitrogens with zero attached hydrogens (tertiary/aromatic N) is 1. The van der Waals surface area contributed by atoms with E-state index in [9.17, 15) is 0 Å². The van der Waals surface area contributed by atoms with Gasteiger partial charge in [0.15, 0.2) is 0 Å². The van der Waals surface area contributed by atoms with Crippen LogP contribution in [0.1, 0.15) is 43.2 Å². The van der Waals surface area contributed by atoms with E-state index in [1.54, 1.807) is 11.3 Å². The van der Waals surface area contributed by atoms with E-state index in [0.29, 0.717) is 5.92 Å². The summed E-state index contributed by atoms with van der Waals surface area (Å²) in [7, 11) is 0. The molecule has 2 nitrogen and oxygen atoms in total. The van der Waals surface area contributed by atoms with Gasteiger partial charge in [0, 0.05) is 22.7 Å². The Labute approximate surface area is 107 Å². The van der Waals surface area contributed by atoms with Crippen molar-refractivity contribution in [3.8, 4) is 10.6 Å². The molecule has 1 heterocycles. The topological polar surface area (TPSA) is 38.9 Å². The molecule has 1 aromatic heterocycles. The smallest absolute Gasteiger partial charge is 0.123 e. The number of hydrogen-bond acceptors (Lipinski definition) is 3. The van der Waals surface area contributed by atoms with Crippen molar-refractivity contribution >= 4 is 11.3 Å². The highest BCUT2D eigenvalue weighted by atomic mass is 32.1. The summed E-state index contributed by atoms with van der Waals surface area (Å²) in [5.74, 6) is 0.569. The summed E-state index contributed by atoms with van der Waals surface area (Å²) in [6.07, 6.45) is 1.88. The summed E-state index contributed by atoms with van der Waals surface area (Å²) in [5, 5.41) is 1.05. The molecule has 0 aliphatic rings. The second kappa shape index (κ2) is 4.98. The molecule has 2 rings (SSSR count). The number of thiazole rings is 1. The summed E-state index contributed by atoms with van der Waals surface area (Å²) < 4.78 is 0. The van der Waals surface area contributed by atoms with Crippen molar-refractivity contribution in [3.05, 3.63) is 40.9 Å². The van der Waals surface area contributed by atoms with E-state index < -0.39 is 0 Å². The highest BCUT2D eigenvalue weighted by molar-refractivity contribution is 7.15. The quantitative estimate of drug-likeness (QED) is 0.890. The van der Waals surface area contributed by atoms with Crippen molar-refractivity contribution in [3.63, 3.8) is 0 Å². The molecule has 17 heavy (non-hydrogen) atoms. The van der Waals surface area contributed by atoms with E-state index in [4.69, 9.17) is 5.73 Å². The van der Waals surface area contributed by atoms with E-state index >= 15 is 0 Å². The molecule has 2 N–H and O–H groups in total. The standard InChI is InChI=1S/C14H18N2S/c1-9(2)11-4-6-12(7-5-11)14-16-8-13(17-14)10(3)15/h4-10H,15H2,1-3H3. The van der Waals surface area contributed by atoms with Crippen LogP contribution < -0.4 is 5.73 Å². The summed E-state index contributed by atoms with van der Waals surface area (Å²) in [6.45, 7) is 6.39. The van der Waals surface area contributed by atoms with Crippen LogP contribution in [0.25, 0.3) is 10.6 Å². The lowest BCUT2D eigenvalue weighted by atomic mass is 10.0. The molecular weight excluding hydrogens is 228 g/mol. The minimum atomic E-state index is 0.0659. The van der Waals surface area contributed by atoms with Gasteiger partial charge in [-0.1, -0.05) is 38.1 Å². The van der Waals surface area contributed by atoms with Gasteiger partial charge in [0.2, 0.25) is 0 Å². The van der Waals surface area contributed by atoms with Gasteiger partial charge in [-0.3, -0.25) is 0 Å². The van der Waals surface area contributed by atoms with Crippen LogP contribution in [0.3, 0.4) is 0 Å². The number of aromatic nitrogens is 1. The highest BCUT2D eigenvalue weighted by Gasteiger charge is 2.08. The molecule has 0 spiro atoms. The van der Waals surface area contributed by atoms with Gasteiger partial charge in [0.1, 0.15) is 5.01 Å². The van der Waals surface area contributed by atoms with Crippen LogP contribution in [0.15, 0.2) is 30.5 Å². The third-order valence-corrected chi connectivity index (χ3v) is 4.04. The van der Waals surface area contributed by atoms with Gasteiger partial charge >= 0.3 is 0 Å². The second-order valence-corrected chi connectivity index (χ2v) is 5.70. The fraction of sp³-hybridized carbons (Fsp3) is 0.357. The average Bonchev–Trinajstić information content (AvgIpc) is 2.78. The Bertz CT molecular complexity index is 483. The third kappa shape index (κ3) is 2.73. The molecule has 0 aliphatic heterocycles. The molecule has 90 valence electrons. The molecule has 0 amide bonds. The summed E-state index contributed by atoms with van der Waals surface area (Å²) in [5.41, 5.74) is 8.37. The second-order valence-electron chi connectivity index (χ2n) is 4.63. The zero-order chi connectivity index (χ0) is 12.4. The normalized spacial score (nSPS) is 13.0. The first-order chi connectivity index (χ1) is 8.08. The maximum absolute atomic E-state index is 5.84. The van der Waals surface area contributed by atoms with Crippen molar-refractivity contribution in [2.24, 2.45) is 5.73 Å². The molecule has 0 saturated heterocycles. The fourth-order valence-corrected chi connectivity index (χ4v) is 2.52. The van der Waals surface area contributed by atoms with Crippen LogP contribution >= 0.6 is 11.3 Å². The van der Waals surface area contributed by atoms with E-state index in [1.165, 1.54) is 11.1 Å². The zero-order valence-electron chi connectivity index (χ0n) is 10.5. The first-order valence-corrected chi connectivity index (χ1v) is 6.71. The van der Waals surface area contributed by atoms with E-state index in [2.05, 4.69) is 43.1 Å². The van der Waals surface area contributed by atoms with Crippen LogP contribution in [-0.2, 0) is 0 Å². The molecular formula is C14H18N2S. The van der Waals surface area contributed by atoms with E-state index in [1.807, 2.05) is 13.1 Å². The Balaban J connectivity index is 2.27. The van der Waals surface area contributed by atoms with Crippen molar-refractivity contribution in [1.82, 2.24) is 4.98 Å². The first-order valence-electron chi connectivity index (χ1n) is 5.89. The molecule has 3 heteroatoms. The molecule has 0 radical (unpaired) electrons. The van der Waals surface area contributed by atoms with Gasteiger partial charge < -0.3 is 5.73 Å². The minimum absolute atomic E-state index is 0.0659. The Morgan fingerprint density at radius 3 is 2.24 bits per heavy atom. The average molecular weight is 246 g/mol. The molecule has 0 bridgehead atoms. The Morgan fingerprint density at radius 1 is 1.12 bits per heavy atom. The predicted molar refractivity (Wildman–Crippen MR) is 74.2 cm³/mol. The lowest BCUT2D eigenvalue weighted by Crippen LogP contribution is -2.01. The summed E-state index contributed by atoms with van der Waals surface area (Å²) in [4.78, 5) is 5.55. The van der Waals surface area contributed by atoms with Gasteiger partial charge in [-0.05, 0) is 18.4 Å². The molecule has 1 unspecified atom stereocenters. The largest absolute Gasteiger partial charge is 0.323 e. The number of benzene rings is 1. The SMILES string of the molecule is CC(C)c1ccc(-c2ncc(C(C)N)s2)cc1. The number of hydrogen-bond donors (Lipinski definition) is 1. The van der Waals surface area contributed by atoms with Crippen LogP contribution in [-0.4, -0.2) is 4.98 Å². The van der Waals surface area contributed by atoms with Crippen LogP contribution in [0.5, 0.6) is 0 Å². The third-order valence-electron chi connectivity index (χ3n) is 2.80. The number of nitrogens with two attached hydrogens (primary N) is 1. The van der Waals surface area contributed by atoms with Crippen molar-refractivity contribution in [2.45, 2.75) is 32.7 Å². The lowest BCUT2D eigenvalue weighted by Gasteiger charge is -2.05. The molecule has 1 atom stereocenters. The van der Waals surface area contributed by atoms with Gasteiger partial charge in [-0.25, -0.2) is 4.98 Å².